The number of hydrogen-bond donors (Lipinski definition) is 0. The number of hydrogen-bond acceptors (Lipinski definition) is 6. The van der Waals surface area contributed by atoms with Gasteiger partial charge in [0.1, 0.15) is 24.3 Å². The molecule has 3 aliphatic rings. The number of aryl methyl sites for hydroxylation is 2. The lowest BCUT2D eigenvalue weighted by molar-refractivity contribution is 0.456. The van der Waals surface area contributed by atoms with Crippen molar-refractivity contribution >= 4 is 11.6 Å². The largest absolute Gasteiger partial charge is 0.356 e. The van der Waals surface area contributed by atoms with Crippen LogP contribution in [-0.4, -0.2) is 45.1 Å². The molecule has 6 heteroatoms. The van der Waals surface area contributed by atoms with Crippen molar-refractivity contribution in [3.63, 3.8) is 0 Å². The molecule has 2 aromatic heterocycles. The van der Waals surface area contributed by atoms with E-state index in [9.17, 15) is 0 Å². The molecule has 0 unspecified atom stereocenters. The Labute approximate surface area is 154 Å². The van der Waals surface area contributed by atoms with E-state index < -0.39 is 0 Å². The molecule has 0 bridgehead atoms. The van der Waals surface area contributed by atoms with Crippen LogP contribution < -0.4 is 9.80 Å². The molecule has 5 rings (SSSR count). The maximum absolute atomic E-state index is 4.64. The van der Waals surface area contributed by atoms with Gasteiger partial charge in [0.05, 0.1) is 0 Å². The molecular weight excluding hydrogens is 324 g/mol. The lowest BCUT2D eigenvalue weighted by atomic mass is 10.0. The number of piperidine rings is 1. The second kappa shape index (κ2) is 6.49. The number of anilines is 2. The Morgan fingerprint density at radius 1 is 0.923 bits per heavy atom. The minimum atomic E-state index is 0.572. The Hall–Kier alpha value is -2.24. The molecule has 0 amide bonds. The second-order valence-electron chi connectivity index (χ2n) is 7.85. The Kier molecular flexibility index (Phi) is 3.98. The van der Waals surface area contributed by atoms with E-state index in [1.165, 1.54) is 49.2 Å². The van der Waals surface area contributed by atoms with Crippen molar-refractivity contribution in [3.8, 4) is 0 Å². The Balaban J connectivity index is 1.33. The first-order chi connectivity index (χ1) is 12.8. The summed E-state index contributed by atoms with van der Waals surface area (Å²) < 4.78 is 0. The SMILES string of the molecule is Cc1cc(N(C2CC2)C2CCN(c3ncnc4c3CCC4)CC2)ncn1. The van der Waals surface area contributed by atoms with Crippen LogP contribution in [0.4, 0.5) is 11.6 Å². The van der Waals surface area contributed by atoms with Crippen molar-refractivity contribution in [1.82, 2.24) is 19.9 Å². The Morgan fingerprint density at radius 2 is 1.69 bits per heavy atom. The van der Waals surface area contributed by atoms with Crippen LogP contribution in [0.5, 0.6) is 0 Å². The van der Waals surface area contributed by atoms with Gasteiger partial charge >= 0.3 is 0 Å². The summed E-state index contributed by atoms with van der Waals surface area (Å²) in [4.78, 5) is 23.0. The lowest BCUT2D eigenvalue weighted by Gasteiger charge is -2.40. The van der Waals surface area contributed by atoms with Crippen molar-refractivity contribution in [1.29, 1.82) is 0 Å². The van der Waals surface area contributed by atoms with E-state index >= 15 is 0 Å². The van der Waals surface area contributed by atoms with E-state index in [2.05, 4.69) is 42.7 Å². The molecule has 2 aromatic rings. The second-order valence-corrected chi connectivity index (χ2v) is 7.85. The van der Waals surface area contributed by atoms with E-state index in [-0.39, 0.29) is 0 Å². The minimum absolute atomic E-state index is 0.572. The standard InChI is InChI=1S/C20H26N6/c1-14-11-19(23-12-21-14)26(15-5-6-15)16-7-9-25(10-8-16)20-17-3-2-4-18(17)22-13-24-20/h11-13,15-16H,2-10H2,1H3. The molecule has 0 radical (unpaired) electrons. The Morgan fingerprint density at radius 3 is 2.46 bits per heavy atom. The van der Waals surface area contributed by atoms with Gasteiger partial charge in [-0.3, -0.25) is 0 Å². The molecule has 1 aliphatic heterocycles. The summed E-state index contributed by atoms with van der Waals surface area (Å²) >= 11 is 0. The van der Waals surface area contributed by atoms with Gasteiger partial charge in [-0.25, -0.2) is 19.9 Å². The van der Waals surface area contributed by atoms with E-state index in [1.54, 1.807) is 12.7 Å². The zero-order valence-electron chi connectivity index (χ0n) is 15.4. The number of nitrogens with zero attached hydrogens (tertiary/aromatic N) is 6. The monoisotopic (exact) mass is 350 g/mol. The topological polar surface area (TPSA) is 58.0 Å². The van der Waals surface area contributed by atoms with Crippen molar-refractivity contribution in [2.45, 2.75) is 64.0 Å². The highest BCUT2D eigenvalue weighted by molar-refractivity contribution is 5.51. The van der Waals surface area contributed by atoms with Gasteiger partial charge < -0.3 is 9.80 Å². The maximum Gasteiger partial charge on any atom is 0.135 e. The highest BCUT2D eigenvalue weighted by Crippen LogP contribution is 2.36. The van der Waals surface area contributed by atoms with Crippen LogP contribution in [0.25, 0.3) is 0 Å². The zero-order chi connectivity index (χ0) is 17.5. The average Bonchev–Trinajstić information content (AvgIpc) is 3.37. The molecule has 26 heavy (non-hydrogen) atoms. The fourth-order valence-electron chi connectivity index (χ4n) is 4.58. The van der Waals surface area contributed by atoms with Crippen LogP contribution in [0.3, 0.4) is 0 Å². The average molecular weight is 350 g/mol. The lowest BCUT2D eigenvalue weighted by Crippen LogP contribution is -2.47. The van der Waals surface area contributed by atoms with Gasteiger partial charge in [0.15, 0.2) is 0 Å². The summed E-state index contributed by atoms with van der Waals surface area (Å²) in [6, 6.07) is 3.38. The molecular formula is C20H26N6. The fraction of sp³-hybridized carbons (Fsp3) is 0.600. The quantitative estimate of drug-likeness (QED) is 0.845. The van der Waals surface area contributed by atoms with Gasteiger partial charge in [-0.2, -0.15) is 0 Å². The third kappa shape index (κ3) is 2.91. The summed E-state index contributed by atoms with van der Waals surface area (Å²) in [7, 11) is 0. The van der Waals surface area contributed by atoms with Crippen LogP contribution in [0.1, 0.15) is 49.1 Å². The molecule has 1 saturated carbocycles. The molecule has 2 fully saturated rings. The summed E-state index contributed by atoms with van der Waals surface area (Å²) in [6.07, 6.45) is 11.9. The van der Waals surface area contributed by atoms with Crippen LogP contribution in [0, 0.1) is 6.92 Å². The van der Waals surface area contributed by atoms with Gasteiger partial charge in [0, 0.05) is 48.2 Å². The molecule has 0 aromatic carbocycles. The zero-order valence-corrected chi connectivity index (χ0v) is 15.4. The van der Waals surface area contributed by atoms with Crippen LogP contribution in [0.15, 0.2) is 18.7 Å². The molecule has 2 aliphatic carbocycles. The molecule has 136 valence electrons. The Bertz CT molecular complexity index is 795. The van der Waals surface area contributed by atoms with Crippen LogP contribution >= 0.6 is 0 Å². The molecule has 0 spiro atoms. The number of rotatable bonds is 4. The summed E-state index contributed by atoms with van der Waals surface area (Å²) in [6.45, 7) is 4.19. The van der Waals surface area contributed by atoms with Crippen LogP contribution in [-0.2, 0) is 12.8 Å². The van der Waals surface area contributed by atoms with Gasteiger partial charge in [-0.05, 0) is 51.9 Å². The fourth-order valence-corrected chi connectivity index (χ4v) is 4.58. The third-order valence-corrected chi connectivity index (χ3v) is 6.00. The number of fused-ring (bicyclic) bond motifs is 1. The van der Waals surface area contributed by atoms with Crippen molar-refractivity contribution in [3.05, 3.63) is 35.7 Å². The normalized spacial score (nSPS) is 20.3. The summed E-state index contributed by atoms with van der Waals surface area (Å²) in [5, 5.41) is 0. The van der Waals surface area contributed by atoms with Crippen molar-refractivity contribution in [2.24, 2.45) is 0 Å². The summed E-state index contributed by atoms with van der Waals surface area (Å²) in [5.41, 5.74) is 3.72. The van der Waals surface area contributed by atoms with Gasteiger partial charge in [0.25, 0.3) is 0 Å². The van der Waals surface area contributed by atoms with E-state index in [0.29, 0.717) is 12.1 Å². The van der Waals surface area contributed by atoms with E-state index in [4.69, 9.17) is 0 Å². The summed E-state index contributed by atoms with van der Waals surface area (Å²) in [5.74, 6) is 2.31. The molecule has 0 atom stereocenters. The van der Waals surface area contributed by atoms with Gasteiger partial charge in [0.2, 0.25) is 0 Å². The van der Waals surface area contributed by atoms with Gasteiger partial charge in [-0.15, -0.1) is 0 Å². The molecule has 1 saturated heterocycles. The van der Waals surface area contributed by atoms with Gasteiger partial charge in [-0.1, -0.05) is 0 Å². The highest BCUT2D eigenvalue weighted by atomic mass is 15.3. The predicted molar refractivity (Wildman–Crippen MR) is 102 cm³/mol. The highest BCUT2D eigenvalue weighted by Gasteiger charge is 2.37. The smallest absolute Gasteiger partial charge is 0.135 e. The van der Waals surface area contributed by atoms with E-state index in [1.807, 2.05) is 0 Å². The predicted octanol–water partition coefficient (Wildman–Crippen LogP) is 2.70. The first-order valence-electron chi connectivity index (χ1n) is 9.94. The first kappa shape index (κ1) is 16.0. The maximum atomic E-state index is 4.64. The minimum Gasteiger partial charge on any atom is -0.356 e. The van der Waals surface area contributed by atoms with E-state index in [0.717, 1.165) is 37.4 Å². The number of aromatic nitrogens is 4. The molecule has 0 N–H and O–H groups in total. The van der Waals surface area contributed by atoms with Crippen LogP contribution in [0.2, 0.25) is 0 Å². The first-order valence-corrected chi connectivity index (χ1v) is 9.94. The third-order valence-electron chi connectivity index (χ3n) is 6.00. The van der Waals surface area contributed by atoms with Crippen molar-refractivity contribution < 1.29 is 0 Å². The molecule has 3 heterocycles. The van der Waals surface area contributed by atoms with Crippen molar-refractivity contribution in [2.75, 3.05) is 22.9 Å². The molecule has 6 nitrogen and oxygen atoms in total.